The van der Waals surface area contributed by atoms with Gasteiger partial charge >= 0.3 is 5.97 Å². The molecule has 1 heterocycles. The number of hydrogen-bond acceptors (Lipinski definition) is 3. The average molecular weight is 304 g/mol. The lowest BCUT2D eigenvalue weighted by atomic mass is 9.96. The molecule has 6 heteroatoms. The number of aryl methyl sites for hydroxylation is 1. The first kappa shape index (κ1) is 16.0. The van der Waals surface area contributed by atoms with E-state index in [1.165, 1.54) is 0 Å². The number of benzene rings is 1. The summed E-state index contributed by atoms with van der Waals surface area (Å²) < 4.78 is 0. The number of hydrogen-bond donors (Lipinski definition) is 2. The summed E-state index contributed by atoms with van der Waals surface area (Å²) in [5, 5.41) is 8.83. The monoisotopic (exact) mass is 304 g/mol. The summed E-state index contributed by atoms with van der Waals surface area (Å²) in [6.45, 7) is 1.15. The van der Waals surface area contributed by atoms with Crippen LogP contribution in [0.25, 0.3) is 0 Å². The summed E-state index contributed by atoms with van der Waals surface area (Å²) >= 11 is 0. The van der Waals surface area contributed by atoms with Crippen LogP contribution in [0.15, 0.2) is 24.3 Å². The van der Waals surface area contributed by atoms with Gasteiger partial charge in [0.15, 0.2) is 0 Å². The Bertz CT molecular complexity index is 560. The van der Waals surface area contributed by atoms with Crippen molar-refractivity contribution in [2.75, 3.05) is 13.1 Å². The molecule has 0 radical (unpaired) electrons. The van der Waals surface area contributed by atoms with Gasteiger partial charge in [-0.25, -0.2) is 4.79 Å². The fourth-order valence-electron chi connectivity index (χ4n) is 2.64. The Morgan fingerprint density at radius 3 is 2.23 bits per heavy atom. The van der Waals surface area contributed by atoms with Crippen molar-refractivity contribution >= 4 is 17.8 Å². The van der Waals surface area contributed by atoms with Crippen LogP contribution in [0.2, 0.25) is 0 Å². The number of carbonyl (C=O) groups excluding carboxylic acids is 2. The molecule has 0 aromatic heterocycles. The lowest BCUT2D eigenvalue weighted by Gasteiger charge is -2.30. The second-order valence-corrected chi connectivity index (χ2v) is 5.56. The third-order valence-electron chi connectivity index (χ3n) is 4.08. The lowest BCUT2D eigenvalue weighted by molar-refractivity contribution is -0.134. The van der Waals surface area contributed by atoms with Crippen molar-refractivity contribution in [2.45, 2.75) is 25.7 Å². The molecule has 1 aliphatic heterocycles. The van der Waals surface area contributed by atoms with Crippen LogP contribution < -0.4 is 5.73 Å². The minimum atomic E-state index is -0.958. The number of carboxylic acids is 1. The van der Waals surface area contributed by atoms with E-state index in [1.54, 1.807) is 29.2 Å². The van der Waals surface area contributed by atoms with Crippen molar-refractivity contribution in [1.29, 1.82) is 0 Å². The Morgan fingerprint density at radius 1 is 1.14 bits per heavy atom. The zero-order chi connectivity index (χ0) is 16.1. The first-order chi connectivity index (χ1) is 10.5. The first-order valence-corrected chi connectivity index (χ1v) is 7.36. The average Bonchev–Trinajstić information content (AvgIpc) is 2.53. The standard InChI is InChI=1S/C16H20N2O4/c17-15(20)12-7-9-18(10-8-12)14(19)6-3-11-1-4-13(5-2-11)16(21)22/h1-2,4-5,12H,3,6-10H2,(H2,17,20)(H,21,22). The minimum Gasteiger partial charge on any atom is -0.478 e. The van der Waals surface area contributed by atoms with Gasteiger partial charge in [-0.2, -0.15) is 0 Å². The largest absolute Gasteiger partial charge is 0.478 e. The number of nitrogens with two attached hydrogens (primary N) is 1. The summed E-state index contributed by atoms with van der Waals surface area (Å²) in [5.74, 6) is -1.30. The van der Waals surface area contributed by atoms with Crippen LogP contribution in [0.4, 0.5) is 0 Å². The minimum absolute atomic E-state index is 0.0604. The van der Waals surface area contributed by atoms with Crippen molar-refractivity contribution in [3.05, 3.63) is 35.4 Å². The first-order valence-electron chi connectivity index (χ1n) is 7.36. The summed E-state index contributed by atoms with van der Waals surface area (Å²) in [6.07, 6.45) is 2.23. The molecule has 1 aromatic carbocycles. The van der Waals surface area contributed by atoms with Gasteiger partial charge in [0.05, 0.1) is 5.56 Å². The van der Waals surface area contributed by atoms with E-state index in [0.29, 0.717) is 38.8 Å². The number of rotatable bonds is 5. The van der Waals surface area contributed by atoms with E-state index in [2.05, 4.69) is 0 Å². The number of piperidine rings is 1. The van der Waals surface area contributed by atoms with Crippen LogP contribution >= 0.6 is 0 Å². The molecule has 1 aliphatic rings. The molecule has 0 saturated carbocycles. The zero-order valence-corrected chi connectivity index (χ0v) is 12.3. The number of nitrogens with zero attached hydrogens (tertiary/aromatic N) is 1. The summed E-state index contributed by atoms with van der Waals surface area (Å²) in [7, 11) is 0. The van der Waals surface area contributed by atoms with Crippen molar-refractivity contribution in [2.24, 2.45) is 11.7 Å². The molecule has 6 nitrogen and oxygen atoms in total. The van der Waals surface area contributed by atoms with E-state index in [4.69, 9.17) is 10.8 Å². The van der Waals surface area contributed by atoms with Gasteiger partial charge in [0.2, 0.25) is 11.8 Å². The molecular weight excluding hydrogens is 284 g/mol. The van der Waals surface area contributed by atoms with Gasteiger partial charge in [0, 0.05) is 25.4 Å². The fraction of sp³-hybridized carbons (Fsp3) is 0.438. The maximum Gasteiger partial charge on any atom is 0.335 e. The fourth-order valence-corrected chi connectivity index (χ4v) is 2.64. The second-order valence-electron chi connectivity index (χ2n) is 5.56. The predicted octanol–water partition coefficient (Wildman–Crippen LogP) is 1.04. The highest BCUT2D eigenvalue weighted by atomic mass is 16.4. The molecule has 3 N–H and O–H groups in total. The van der Waals surface area contributed by atoms with Crippen molar-refractivity contribution in [3.63, 3.8) is 0 Å². The Hall–Kier alpha value is -2.37. The number of primary amides is 1. The van der Waals surface area contributed by atoms with Crippen LogP contribution in [0.3, 0.4) is 0 Å². The molecule has 1 saturated heterocycles. The Balaban J connectivity index is 1.80. The van der Waals surface area contributed by atoms with E-state index in [0.717, 1.165) is 5.56 Å². The van der Waals surface area contributed by atoms with E-state index < -0.39 is 5.97 Å². The second kappa shape index (κ2) is 7.06. The van der Waals surface area contributed by atoms with Crippen LogP contribution in [-0.2, 0) is 16.0 Å². The summed E-state index contributed by atoms with van der Waals surface area (Å²) in [6, 6.07) is 6.55. The highest BCUT2D eigenvalue weighted by molar-refractivity contribution is 5.87. The van der Waals surface area contributed by atoms with Gasteiger partial charge in [-0.1, -0.05) is 12.1 Å². The van der Waals surface area contributed by atoms with Crippen LogP contribution in [0.5, 0.6) is 0 Å². The molecule has 0 spiro atoms. The lowest BCUT2D eigenvalue weighted by Crippen LogP contribution is -2.41. The molecule has 1 aromatic rings. The van der Waals surface area contributed by atoms with E-state index >= 15 is 0 Å². The molecule has 0 bridgehead atoms. The molecule has 1 fully saturated rings. The third kappa shape index (κ3) is 4.07. The van der Waals surface area contributed by atoms with Gasteiger partial charge in [-0.05, 0) is 37.0 Å². The molecule has 2 amide bonds. The van der Waals surface area contributed by atoms with Crippen LogP contribution in [0.1, 0.15) is 35.2 Å². The van der Waals surface area contributed by atoms with Crippen molar-refractivity contribution in [3.8, 4) is 0 Å². The molecule has 0 atom stereocenters. The van der Waals surface area contributed by atoms with Gasteiger partial charge in [-0.3, -0.25) is 9.59 Å². The number of amides is 2. The van der Waals surface area contributed by atoms with Gasteiger partial charge < -0.3 is 15.7 Å². The molecule has 0 aliphatic carbocycles. The number of likely N-dealkylation sites (tertiary alicyclic amines) is 1. The van der Waals surface area contributed by atoms with Crippen LogP contribution in [-0.4, -0.2) is 40.9 Å². The highest BCUT2D eigenvalue weighted by Gasteiger charge is 2.25. The smallest absolute Gasteiger partial charge is 0.335 e. The Morgan fingerprint density at radius 2 is 1.73 bits per heavy atom. The summed E-state index contributed by atoms with van der Waals surface area (Å²) in [5.41, 5.74) is 6.45. The maximum atomic E-state index is 12.1. The van der Waals surface area contributed by atoms with Crippen molar-refractivity contribution in [1.82, 2.24) is 4.90 Å². The highest BCUT2D eigenvalue weighted by Crippen LogP contribution is 2.18. The molecular formula is C16H20N2O4. The Labute approximate surface area is 128 Å². The quantitative estimate of drug-likeness (QED) is 0.848. The number of carboxylic acid groups (broad SMARTS) is 1. The zero-order valence-electron chi connectivity index (χ0n) is 12.3. The SMILES string of the molecule is NC(=O)C1CCN(C(=O)CCc2ccc(C(=O)O)cc2)CC1. The maximum absolute atomic E-state index is 12.1. The predicted molar refractivity (Wildman–Crippen MR) is 80.2 cm³/mol. The number of aromatic carboxylic acids is 1. The summed E-state index contributed by atoms with van der Waals surface area (Å²) in [4.78, 5) is 35.8. The normalized spacial score (nSPS) is 15.5. The van der Waals surface area contributed by atoms with E-state index in [9.17, 15) is 14.4 Å². The van der Waals surface area contributed by atoms with Gasteiger partial charge in [0.1, 0.15) is 0 Å². The van der Waals surface area contributed by atoms with E-state index in [1.807, 2.05) is 0 Å². The third-order valence-corrected chi connectivity index (χ3v) is 4.08. The molecule has 2 rings (SSSR count). The molecule has 22 heavy (non-hydrogen) atoms. The number of carbonyl (C=O) groups is 3. The van der Waals surface area contributed by atoms with E-state index in [-0.39, 0.29) is 23.3 Å². The topological polar surface area (TPSA) is 101 Å². The van der Waals surface area contributed by atoms with Crippen LogP contribution in [0, 0.1) is 5.92 Å². The van der Waals surface area contributed by atoms with Crippen molar-refractivity contribution < 1.29 is 19.5 Å². The Kier molecular flexibility index (Phi) is 5.14. The molecule has 0 unspecified atom stereocenters. The molecule has 118 valence electrons. The van der Waals surface area contributed by atoms with Gasteiger partial charge in [-0.15, -0.1) is 0 Å². The van der Waals surface area contributed by atoms with Gasteiger partial charge in [0.25, 0.3) is 0 Å².